The van der Waals surface area contributed by atoms with Crippen molar-refractivity contribution in [1.82, 2.24) is 19.8 Å². The molecule has 1 aromatic heterocycles. The van der Waals surface area contributed by atoms with Crippen molar-refractivity contribution in [3.63, 3.8) is 0 Å². The van der Waals surface area contributed by atoms with Gasteiger partial charge in [0.15, 0.2) is 5.69 Å². The first-order valence-corrected chi connectivity index (χ1v) is 12.2. The van der Waals surface area contributed by atoms with Crippen molar-refractivity contribution in [3.8, 4) is 0 Å². The number of fused-ring (bicyclic) bond motifs is 1. The van der Waals surface area contributed by atoms with E-state index in [0.29, 0.717) is 38.3 Å². The number of amides is 1. The van der Waals surface area contributed by atoms with E-state index in [1.54, 1.807) is 6.33 Å². The predicted octanol–water partition coefficient (Wildman–Crippen LogP) is 3.09. The molecule has 0 bridgehead atoms. The van der Waals surface area contributed by atoms with Gasteiger partial charge in [-0.05, 0) is 44.3 Å². The van der Waals surface area contributed by atoms with Gasteiger partial charge >= 0.3 is 0 Å². The van der Waals surface area contributed by atoms with Crippen molar-refractivity contribution >= 4 is 17.4 Å². The molecule has 3 aliphatic rings. The maximum Gasteiger partial charge on any atom is 0.231 e. The van der Waals surface area contributed by atoms with Crippen LogP contribution in [0.1, 0.15) is 60.9 Å². The van der Waals surface area contributed by atoms with E-state index < -0.39 is 6.10 Å². The Morgan fingerprint density at radius 3 is 2.53 bits per heavy atom. The van der Waals surface area contributed by atoms with Crippen molar-refractivity contribution in [1.29, 1.82) is 0 Å². The summed E-state index contributed by atoms with van der Waals surface area (Å²) >= 11 is 0. The number of hydrogen-bond acceptors (Lipinski definition) is 6. The van der Waals surface area contributed by atoms with Crippen molar-refractivity contribution in [2.45, 2.75) is 50.2 Å². The molecular formula is C26H32N6O2. The van der Waals surface area contributed by atoms with Gasteiger partial charge in [-0.15, -0.1) is 0 Å². The quantitative estimate of drug-likeness (QED) is 0.707. The molecule has 0 spiro atoms. The van der Waals surface area contributed by atoms with Gasteiger partial charge in [0.2, 0.25) is 5.91 Å². The average molecular weight is 461 g/mol. The topological polar surface area (TPSA) is 77.2 Å². The molecule has 2 aliphatic heterocycles. The number of carbonyl (C=O) groups excluding carboxylic acids is 1. The Balaban J connectivity index is 1.34. The molecule has 0 saturated carbocycles. The van der Waals surface area contributed by atoms with Crippen LogP contribution in [0.3, 0.4) is 0 Å². The normalized spacial score (nSPS) is 25.8. The first-order valence-electron chi connectivity index (χ1n) is 12.2. The molecule has 3 heterocycles. The Morgan fingerprint density at radius 1 is 1.15 bits per heavy atom. The van der Waals surface area contributed by atoms with E-state index in [-0.39, 0.29) is 23.8 Å². The third-order valence-electron chi connectivity index (χ3n) is 7.78. The summed E-state index contributed by atoms with van der Waals surface area (Å²) in [7, 11) is 2.11. The van der Waals surface area contributed by atoms with Crippen LogP contribution >= 0.6 is 0 Å². The van der Waals surface area contributed by atoms with Crippen LogP contribution in [0, 0.1) is 6.57 Å². The number of hydrogen-bond donors (Lipinski definition) is 1. The number of carbonyl (C=O) groups is 1. The van der Waals surface area contributed by atoms with Crippen LogP contribution in [-0.4, -0.2) is 76.6 Å². The minimum atomic E-state index is -0.520. The molecule has 5 rings (SSSR count). The number of likely N-dealkylation sites (tertiary alicyclic amines) is 1. The lowest BCUT2D eigenvalue weighted by molar-refractivity contribution is -0.134. The van der Waals surface area contributed by atoms with E-state index in [0.717, 1.165) is 42.0 Å². The zero-order valence-corrected chi connectivity index (χ0v) is 19.9. The molecule has 0 unspecified atom stereocenters. The van der Waals surface area contributed by atoms with Gasteiger partial charge in [0.25, 0.3) is 0 Å². The van der Waals surface area contributed by atoms with Gasteiger partial charge in [-0.1, -0.05) is 31.2 Å². The minimum absolute atomic E-state index is 0.172. The SMILES string of the molecule is [C-]#[N+]c1ccc([C@H](C(=O)N2CCN(c3ncnc4c3[C@H](C)C[C@H]4O)CC2)[C@@H]2CCCN2C)cc1. The fourth-order valence-corrected chi connectivity index (χ4v) is 5.93. The Kier molecular flexibility index (Phi) is 6.24. The van der Waals surface area contributed by atoms with Gasteiger partial charge in [0.05, 0.1) is 24.3 Å². The number of aromatic nitrogens is 2. The van der Waals surface area contributed by atoms with E-state index in [2.05, 4.69) is 38.6 Å². The van der Waals surface area contributed by atoms with Gasteiger partial charge < -0.3 is 19.8 Å². The Morgan fingerprint density at radius 2 is 1.88 bits per heavy atom. The highest BCUT2D eigenvalue weighted by molar-refractivity contribution is 5.85. The van der Waals surface area contributed by atoms with E-state index in [1.165, 1.54) is 0 Å². The highest BCUT2D eigenvalue weighted by Crippen LogP contribution is 2.43. The van der Waals surface area contributed by atoms with Crippen LogP contribution in [-0.2, 0) is 4.79 Å². The third kappa shape index (κ3) is 4.04. The predicted molar refractivity (Wildman–Crippen MR) is 130 cm³/mol. The molecule has 4 atom stereocenters. The van der Waals surface area contributed by atoms with Crippen molar-refractivity contribution in [2.24, 2.45) is 0 Å². The van der Waals surface area contributed by atoms with Crippen molar-refractivity contribution in [2.75, 3.05) is 44.7 Å². The van der Waals surface area contributed by atoms with E-state index in [9.17, 15) is 9.90 Å². The van der Waals surface area contributed by atoms with E-state index in [4.69, 9.17) is 6.57 Å². The van der Waals surface area contributed by atoms with E-state index >= 15 is 0 Å². The first kappa shape index (κ1) is 22.8. The van der Waals surface area contributed by atoms with Gasteiger partial charge in [-0.25, -0.2) is 14.8 Å². The zero-order valence-electron chi connectivity index (χ0n) is 19.9. The van der Waals surface area contributed by atoms with Gasteiger partial charge in [-0.2, -0.15) is 0 Å². The van der Waals surface area contributed by atoms with Crippen LogP contribution < -0.4 is 4.90 Å². The Bertz CT molecular complexity index is 1090. The summed E-state index contributed by atoms with van der Waals surface area (Å²) in [6, 6.07) is 7.73. The second kappa shape index (κ2) is 9.32. The van der Waals surface area contributed by atoms with Crippen molar-refractivity contribution in [3.05, 3.63) is 58.8 Å². The molecule has 2 saturated heterocycles. The highest BCUT2D eigenvalue weighted by Gasteiger charge is 2.39. The lowest BCUT2D eigenvalue weighted by atomic mass is 9.88. The summed E-state index contributed by atoms with van der Waals surface area (Å²) in [5.74, 6) is 1.08. The Hall–Kier alpha value is -3.02. The summed E-state index contributed by atoms with van der Waals surface area (Å²) in [6.07, 6.45) is 3.81. The van der Waals surface area contributed by atoms with Gasteiger partial charge in [0, 0.05) is 37.8 Å². The number of nitrogens with zero attached hydrogens (tertiary/aromatic N) is 6. The lowest BCUT2D eigenvalue weighted by Crippen LogP contribution is -2.52. The summed E-state index contributed by atoms with van der Waals surface area (Å²) in [6.45, 7) is 13.1. The summed E-state index contributed by atoms with van der Waals surface area (Å²) < 4.78 is 0. The first-order chi connectivity index (χ1) is 16.5. The van der Waals surface area contributed by atoms with Gasteiger partial charge in [-0.3, -0.25) is 4.79 Å². The highest BCUT2D eigenvalue weighted by atomic mass is 16.3. The number of aliphatic hydroxyl groups is 1. The van der Waals surface area contributed by atoms with Crippen LogP contribution in [0.15, 0.2) is 30.6 Å². The number of anilines is 1. The molecule has 1 N–H and O–H groups in total. The largest absolute Gasteiger partial charge is 0.387 e. The van der Waals surface area contributed by atoms with Crippen LogP contribution in [0.25, 0.3) is 4.85 Å². The molecule has 0 radical (unpaired) electrons. The zero-order chi connectivity index (χ0) is 23.8. The molecule has 8 nitrogen and oxygen atoms in total. The maximum absolute atomic E-state index is 13.9. The fraction of sp³-hybridized carbons (Fsp3) is 0.538. The van der Waals surface area contributed by atoms with Crippen LogP contribution in [0.5, 0.6) is 0 Å². The lowest BCUT2D eigenvalue weighted by Gasteiger charge is -2.39. The van der Waals surface area contributed by atoms with Crippen LogP contribution in [0.4, 0.5) is 11.5 Å². The molecule has 34 heavy (non-hydrogen) atoms. The summed E-state index contributed by atoms with van der Waals surface area (Å²) in [4.78, 5) is 32.8. The molecule has 178 valence electrons. The number of aliphatic hydroxyl groups excluding tert-OH is 1. The number of piperazine rings is 1. The van der Waals surface area contributed by atoms with Crippen molar-refractivity contribution < 1.29 is 9.90 Å². The monoisotopic (exact) mass is 460 g/mol. The number of rotatable bonds is 4. The van der Waals surface area contributed by atoms with Gasteiger partial charge in [0.1, 0.15) is 12.1 Å². The molecular weight excluding hydrogens is 428 g/mol. The summed E-state index contributed by atoms with van der Waals surface area (Å²) in [5.41, 5.74) is 3.40. The smallest absolute Gasteiger partial charge is 0.231 e. The molecule has 2 fully saturated rings. The second-order valence-corrected chi connectivity index (χ2v) is 9.83. The van der Waals surface area contributed by atoms with E-state index in [1.807, 2.05) is 29.2 Å². The average Bonchev–Trinajstić information content (AvgIpc) is 3.41. The molecule has 2 aromatic rings. The number of likely N-dealkylation sites (N-methyl/N-ethyl adjacent to an activating group) is 1. The minimum Gasteiger partial charge on any atom is -0.387 e. The standard InChI is InChI=1S/C26H32N6O2/c1-17-15-21(33)24-22(17)25(29-16-28-24)31-11-13-32(14-12-31)26(34)23(20-5-4-10-30(20)3)18-6-8-19(27-2)9-7-18/h6-9,16-17,20-21,23,33H,4-5,10-15H2,1,3H3/t17-,20+,21-,23+/m1/s1. The second-order valence-electron chi connectivity index (χ2n) is 9.83. The molecule has 8 heteroatoms. The molecule has 1 aromatic carbocycles. The third-order valence-corrected chi connectivity index (χ3v) is 7.78. The summed E-state index contributed by atoms with van der Waals surface area (Å²) in [5, 5.41) is 10.3. The maximum atomic E-state index is 13.9. The molecule has 1 aliphatic carbocycles. The van der Waals surface area contributed by atoms with Crippen LogP contribution in [0.2, 0.25) is 0 Å². The molecule has 1 amide bonds. The number of benzene rings is 1. The fourth-order valence-electron chi connectivity index (χ4n) is 5.93. The Labute approximate surface area is 201 Å².